The second-order valence-electron chi connectivity index (χ2n) is 2.92. The van der Waals surface area contributed by atoms with Crippen molar-refractivity contribution >= 4 is 18.0 Å². The van der Waals surface area contributed by atoms with Crippen molar-refractivity contribution in [3.8, 4) is 0 Å². The van der Waals surface area contributed by atoms with Crippen LogP contribution in [0.4, 0.5) is 0 Å². The van der Waals surface area contributed by atoms with Crippen molar-refractivity contribution in [3.63, 3.8) is 0 Å². The van der Waals surface area contributed by atoms with E-state index in [1.807, 2.05) is 0 Å². The Morgan fingerprint density at radius 1 is 1.60 bits per heavy atom. The lowest BCUT2D eigenvalue weighted by Crippen LogP contribution is -2.37. The molecule has 5 heteroatoms. The number of carboxylic acids is 1. The van der Waals surface area contributed by atoms with Gasteiger partial charge in [0, 0.05) is 6.08 Å². The Bertz CT molecular complexity index is 367. The molecule has 15 heavy (non-hydrogen) atoms. The van der Waals surface area contributed by atoms with Crippen LogP contribution in [-0.4, -0.2) is 23.0 Å². The topological polar surface area (TPSA) is 79.5 Å². The zero-order valence-corrected chi connectivity index (χ0v) is 8.14. The van der Waals surface area contributed by atoms with Crippen LogP contribution in [0.3, 0.4) is 0 Å². The van der Waals surface area contributed by atoms with E-state index >= 15 is 0 Å². The second kappa shape index (κ2) is 4.99. The summed E-state index contributed by atoms with van der Waals surface area (Å²) in [7, 11) is 0. The molecule has 0 aliphatic rings. The molecule has 0 saturated carbocycles. The number of nitrogens with one attached hydrogen (secondary N) is 1. The predicted octanol–water partition coefficient (Wildman–Crippen LogP) is 0.882. The maximum Gasteiger partial charge on any atom is 0.325 e. The molecule has 0 bridgehead atoms. The molecule has 2 N–H and O–H groups in total. The molecule has 5 nitrogen and oxygen atoms in total. The Morgan fingerprint density at radius 2 is 2.33 bits per heavy atom. The van der Waals surface area contributed by atoms with Crippen LogP contribution < -0.4 is 5.32 Å². The van der Waals surface area contributed by atoms with Crippen molar-refractivity contribution in [1.82, 2.24) is 5.32 Å². The van der Waals surface area contributed by atoms with Gasteiger partial charge in [0.1, 0.15) is 11.8 Å². The molecule has 0 fully saturated rings. The summed E-state index contributed by atoms with van der Waals surface area (Å²) in [5.74, 6) is -1.01. The molecule has 0 aliphatic heterocycles. The zero-order chi connectivity index (χ0) is 11.3. The number of hydrogen-bond acceptors (Lipinski definition) is 3. The Morgan fingerprint density at radius 3 is 2.87 bits per heavy atom. The van der Waals surface area contributed by atoms with Gasteiger partial charge in [-0.2, -0.15) is 0 Å². The SMILES string of the molecule is CC(NC(=O)/C=C/c1ccco1)C(=O)O. The third-order valence-corrected chi connectivity index (χ3v) is 1.67. The van der Waals surface area contributed by atoms with Gasteiger partial charge in [-0.3, -0.25) is 9.59 Å². The van der Waals surface area contributed by atoms with Crippen molar-refractivity contribution in [2.24, 2.45) is 0 Å². The highest BCUT2D eigenvalue weighted by Gasteiger charge is 2.11. The van der Waals surface area contributed by atoms with Gasteiger partial charge in [0.05, 0.1) is 6.26 Å². The van der Waals surface area contributed by atoms with Crippen LogP contribution in [0.15, 0.2) is 28.9 Å². The van der Waals surface area contributed by atoms with E-state index in [0.717, 1.165) is 0 Å². The molecule has 1 atom stereocenters. The molecule has 0 aliphatic carbocycles. The van der Waals surface area contributed by atoms with Crippen LogP contribution >= 0.6 is 0 Å². The fourth-order valence-electron chi connectivity index (χ4n) is 0.867. The molecule has 1 aromatic heterocycles. The Labute approximate surface area is 86.4 Å². The largest absolute Gasteiger partial charge is 0.480 e. The molecular formula is C10H11NO4. The molecule has 0 aromatic carbocycles. The lowest BCUT2D eigenvalue weighted by atomic mass is 10.3. The second-order valence-corrected chi connectivity index (χ2v) is 2.92. The maximum absolute atomic E-state index is 11.2. The van der Waals surface area contributed by atoms with Crippen LogP contribution in [0.5, 0.6) is 0 Å². The van der Waals surface area contributed by atoms with E-state index < -0.39 is 17.9 Å². The summed E-state index contributed by atoms with van der Waals surface area (Å²) in [4.78, 5) is 21.6. The van der Waals surface area contributed by atoms with Crippen molar-refractivity contribution in [1.29, 1.82) is 0 Å². The average molecular weight is 209 g/mol. The highest BCUT2D eigenvalue weighted by atomic mass is 16.4. The fraction of sp³-hybridized carbons (Fsp3) is 0.200. The van der Waals surface area contributed by atoms with Crippen LogP contribution in [0.25, 0.3) is 6.08 Å². The lowest BCUT2D eigenvalue weighted by molar-refractivity contribution is -0.140. The van der Waals surface area contributed by atoms with E-state index in [1.165, 1.54) is 25.3 Å². The number of aliphatic carboxylic acids is 1. The molecule has 0 radical (unpaired) electrons. The summed E-state index contributed by atoms with van der Waals surface area (Å²) < 4.78 is 4.95. The van der Waals surface area contributed by atoms with Gasteiger partial charge in [0.25, 0.3) is 0 Å². The summed E-state index contributed by atoms with van der Waals surface area (Å²) in [5, 5.41) is 10.8. The molecule has 80 valence electrons. The summed E-state index contributed by atoms with van der Waals surface area (Å²) in [5.41, 5.74) is 0. The van der Waals surface area contributed by atoms with Gasteiger partial charge in [-0.1, -0.05) is 0 Å². The van der Waals surface area contributed by atoms with Crippen LogP contribution in [0, 0.1) is 0 Å². The summed E-state index contributed by atoms with van der Waals surface area (Å²) in [6, 6.07) is 2.47. The Kier molecular flexibility index (Phi) is 3.68. The molecule has 1 unspecified atom stereocenters. The first kappa shape index (κ1) is 11.0. The maximum atomic E-state index is 11.2. The lowest BCUT2D eigenvalue weighted by Gasteiger charge is -2.05. The minimum absolute atomic E-state index is 0.471. The smallest absolute Gasteiger partial charge is 0.325 e. The number of furan rings is 1. The first-order valence-electron chi connectivity index (χ1n) is 4.34. The predicted molar refractivity (Wildman–Crippen MR) is 53.0 cm³/mol. The first-order chi connectivity index (χ1) is 7.09. The minimum Gasteiger partial charge on any atom is -0.480 e. The monoisotopic (exact) mass is 209 g/mol. The van der Waals surface area contributed by atoms with E-state index in [-0.39, 0.29) is 0 Å². The first-order valence-corrected chi connectivity index (χ1v) is 4.34. The number of amides is 1. The summed E-state index contributed by atoms with van der Waals surface area (Å²) in [6.45, 7) is 1.39. The van der Waals surface area contributed by atoms with Crippen molar-refractivity contribution < 1.29 is 19.1 Å². The van der Waals surface area contributed by atoms with Crippen molar-refractivity contribution in [3.05, 3.63) is 30.2 Å². The fourth-order valence-corrected chi connectivity index (χ4v) is 0.867. The molecule has 1 amide bonds. The molecule has 1 rings (SSSR count). The average Bonchev–Trinajstić information content (AvgIpc) is 2.66. The van der Waals surface area contributed by atoms with Gasteiger partial charge in [0.15, 0.2) is 0 Å². The van der Waals surface area contributed by atoms with Gasteiger partial charge in [-0.15, -0.1) is 0 Å². The van der Waals surface area contributed by atoms with Gasteiger partial charge in [-0.05, 0) is 25.1 Å². The van der Waals surface area contributed by atoms with E-state index in [4.69, 9.17) is 9.52 Å². The highest BCUT2D eigenvalue weighted by molar-refractivity contribution is 5.93. The minimum atomic E-state index is -1.07. The van der Waals surface area contributed by atoms with E-state index in [0.29, 0.717) is 5.76 Å². The number of hydrogen-bond donors (Lipinski definition) is 2. The van der Waals surface area contributed by atoms with Gasteiger partial charge < -0.3 is 14.8 Å². The summed E-state index contributed by atoms with van der Waals surface area (Å²) in [6.07, 6.45) is 4.17. The third-order valence-electron chi connectivity index (χ3n) is 1.67. The van der Waals surface area contributed by atoms with Gasteiger partial charge in [-0.25, -0.2) is 0 Å². The van der Waals surface area contributed by atoms with E-state index in [2.05, 4.69) is 5.32 Å². The van der Waals surface area contributed by atoms with Crippen molar-refractivity contribution in [2.45, 2.75) is 13.0 Å². The standard InChI is InChI=1S/C10H11NO4/c1-7(10(13)14)11-9(12)5-4-8-3-2-6-15-8/h2-7H,1H3,(H,11,12)(H,13,14)/b5-4+. The zero-order valence-electron chi connectivity index (χ0n) is 8.14. The number of carbonyl (C=O) groups is 2. The highest BCUT2D eigenvalue weighted by Crippen LogP contribution is 2.01. The molecule has 0 saturated heterocycles. The Balaban J connectivity index is 2.46. The molecule has 1 heterocycles. The third kappa shape index (κ3) is 3.68. The number of carboxylic acid groups (broad SMARTS) is 1. The van der Waals surface area contributed by atoms with Crippen LogP contribution in [0.2, 0.25) is 0 Å². The van der Waals surface area contributed by atoms with Gasteiger partial charge >= 0.3 is 5.97 Å². The summed E-state index contributed by atoms with van der Waals surface area (Å²) >= 11 is 0. The van der Waals surface area contributed by atoms with Crippen LogP contribution in [0.1, 0.15) is 12.7 Å². The van der Waals surface area contributed by atoms with Gasteiger partial charge in [0.2, 0.25) is 5.91 Å². The normalized spacial score (nSPS) is 12.6. The number of carbonyl (C=O) groups excluding carboxylic acids is 1. The Hall–Kier alpha value is -2.04. The number of rotatable bonds is 4. The van der Waals surface area contributed by atoms with E-state index in [9.17, 15) is 9.59 Å². The molecule has 1 aromatic rings. The van der Waals surface area contributed by atoms with E-state index in [1.54, 1.807) is 12.1 Å². The quantitative estimate of drug-likeness (QED) is 0.721. The molecule has 0 spiro atoms. The molecular weight excluding hydrogens is 198 g/mol. The van der Waals surface area contributed by atoms with Crippen molar-refractivity contribution in [2.75, 3.05) is 0 Å². The van der Waals surface area contributed by atoms with Crippen LogP contribution in [-0.2, 0) is 9.59 Å².